The van der Waals surface area contributed by atoms with Crippen LogP contribution >= 0.6 is 11.3 Å². The molecule has 1 aromatic rings. The number of aromatic nitrogens is 1. The predicted octanol–water partition coefficient (Wildman–Crippen LogP) is 0.775. The van der Waals surface area contributed by atoms with E-state index in [-0.39, 0.29) is 0 Å². The van der Waals surface area contributed by atoms with Gasteiger partial charge in [-0.1, -0.05) is 13.8 Å². The predicted molar refractivity (Wildman–Crippen MR) is 74.5 cm³/mol. The monoisotopic (exact) mass is 270 g/mol. The van der Waals surface area contributed by atoms with E-state index >= 15 is 0 Å². The third-order valence-corrected chi connectivity index (χ3v) is 4.15. The summed E-state index contributed by atoms with van der Waals surface area (Å²) < 4.78 is 0. The summed E-state index contributed by atoms with van der Waals surface area (Å²) in [6.45, 7) is 9.64. The Labute approximate surface area is 112 Å². The van der Waals surface area contributed by atoms with Crippen LogP contribution in [0.25, 0.3) is 0 Å². The summed E-state index contributed by atoms with van der Waals surface area (Å²) in [4.78, 5) is 18.1. The Kier molecular flexibility index (Phi) is 5.71. The summed E-state index contributed by atoms with van der Waals surface area (Å²) in [5, 5.41) is 5.80. The van der Waals surface area contributed by atoms with E-state index in [1.807, 2.05) is 5.38 Å². The zero-order chi connectivity index (χ0) is 13.6. The number of carbonyl (C=O) groups excluding carboxylic acids is 1. The first-order valence-corrected chi connectivity index (χ1v) is 7.09. The molecular weight excluding hydrogens is 248 g/mol. The molecule has 1 rings (SSSR count). The largest absolute Gasteiger partial charge is 0.368 e. The van der Waals surface area contributed by atoms with E-state index in [9.17, 15) is 4.79 Å². The normalized spacial score (nSPS) is 14.7. The average molecular weight is 270 g/mol. The van der Waals surface area contributed by atoms with Gasteiger partial charge in [0.15, 0.2) is 0 Å². The van der Waals surface area contributed by atoms with Crippen molar-refractivity contribution in [2.45, 2.75) is 26.3 Å². The molecule has 0 saturated carbocycles. The molecule has 0 aliphatic heterocycles. The number of nitrogens with one attached hydrogen (secondary N) is 1. The van der Waals surface area contributed by atoms with E-state index in [4.69, 9.17) is 5.73 Å². The highest BCUT2D eigenvalue weighted by molar-refractivity contribution is 7.09. The van der Waals surface area contributed by atoms with Crippen molar-refractivity contribution in [3.05, 3.63) is 16.6 Å². The summed E-state index contributed by atoms with van der Waals surface area (Å²) in [6, 6.07) is 0. The van der Waals surface area contributed by atoms with Crippen molar-refractivity contribution in [2.24, 2.45) is 5.73 Å². The maximum atomic E-state index is 11.6. The van der Waals surface area contributed by atoms with Gasteiger partial charge in [0.2, 0.25) is 5.91 Å². The Hall–Kier alpha value is -0.980. The number of likely N-dealkylation sites (N-methyl/N-ethyl adjacent to an activating group) is 1. The molecule has 0 bridgehead atoms. The zero-order valence-electron chi connectivity index (χ0n) is 11.3. The number of thiazole rings is 1. The van der Waals surface area contributed by atoms with Gasteiger partial charge in [0.25, 0.3) is 0 Å². The van der Waals surface area contributed by atoms with Crippen LogP contribution in [-0.4, -0.2) is 42.0 Å². The van der Waals surface area contributed by atoms with Gasteiger partial charge in [-0.15, -0.1) is 11.3 Å². The molecule has 6 heteroatoms. The van der Waals surface area contributed by atoms with Gasteiger partial charge in [0.05, 0.1) is 0 Å². The first-order valence-electron chi connectivity index (χ1n) is 6.21. The summed E-state index contributed by atoms with van der Waals surface area (Å²) in [5.74, 6) is -0.392. The standard InChI is InChI=1S/C12H22N4OS/c1-4-16(5-2)8-6-15-12(3,10(13)17)11-14-7-9-18-11/h7,9,15H,4-6,8H2,1-3H3,(H2,13,17). The molecule has 102 valence electrons. The van der Waals surface area contributed by atoms with Gasteiger partial charge in [-0.05, 0) is 20.0 Å². The van der Waals surface area contributed by atoms with Crippen molar-refractivity contribution >= 4 is 17.2 Å². The molecule has 0 fully saturated rings. The third kappa shape index (κ3) is 3.51. The molecule has 0 aliphatic rings. The molecule has 5 nitrogen and oxygen atoms in total. The fourth-order valence-corrected chi connectivity index (χ4v) is 2.52. The van der Waals surface area contributed by atoms with Crippen LogP contribution in [0.2, 0.25) is 0 Å². The number of amides is 1. The number of nitrogens with zero attached hydrogens (tertiary/aromatic N) is 2. The Morgan fingerprint density at radius 1 is 1.56 bits per heavy atom. The van der Waals surface area contributed by atoms with E-state index in [0.717, 1.165) is 24.6 Å². The number of primary amides is 1. The Morgan fingerprint density at radius 3 is 2.67 bits per heavy atom. The van der Waals surface area contributed by atoms with Crippen molar-refractivity contribution in [3.8, 4) is 0 Å². The summed E-state index contributed by atoms with van der Waals surface area (Å²) in [6.07, 6.45) is 1.69. The van der Waals surface area contributed by atoms with Crippen molar-refractivity contribution in [3.63, 3.8) is 0 Å². The van der Waals surface area contributed by atoms with E-state index in [1.54, 1.807) is 13.1 Å². The van der Waals surface area contributed by atoms with E-state index < -0.39 is 11.4 Å². The van der Waals surface area contributed by atoms with Gasteiger partial charge >= 0.3 is 0 Å². The highest BCUT2D eigenvalue weighted by atomic mass is 32.1. The fourth-order valence-electron chi connectivity index (χ4n) is 1.74. The molecule has 1 unspecified atom stereocenters. The minimum Gasteiger partial charge on any atom is -0.368 e. The van der Waals surface area contributed by atoms with Crippen LogP contribution in [0.3, 0.4) is 0 Å². The summed E-state index contributed by atoms with van der Waals surface area (Å²) in [5.41, 5.74) is 4.62. The minimum atomic E-state index is -0.874. The maximum absolute atomic E-state index is 11.6. The second-order valence-electron chi connectivity index (χ2n) is 4.28. The van der Waals surface area contributed by atoms with Crippen LogP contribution in [0.1, 0.15) is 25.8 Å². The lowest BCUT2D eigenvalue weighted by Crippen LogP contribution is -2.52. The fraction of sp³-hybridized carbons (Fsp3) is 0.667. The smallest absolute Gasteiger partial charge is 0.244 e. The highest BCUT2D eigenvalue weighted by Gasteiger charge is 2.35. The third-order valence-electron chi connectivity index (χ3n) is 3.15. The summed E-state index contributed by atoms with van der Waals surface area (Å²) >= 11 is 1.44. The molecule has 3 N–H and O–H groups in total. The lowest BCUT2D eigenvalue weighted by molar-refractivity contribution is -0.124. The second kappa shape index (κ2) is 6.82. The van der Waals surface area contributed by atoms with Gasteiger partial charge in [0, 0.05) is 24.7 Å². The highest BCUT2D eigenvalue weighted by Crippen LogP contribution is 2.22. The Bertz CT molecular complexity index is 364. The van der Waals surface area contributed by atoms with Gasteiger partial charge in [0.1, 0.15) is 10.5 Å². The Balaban J connectivity index is 2.62. The quantitative estimate of drug-likeness (QED) is 0.732. The molecule has 1 amide bonds. The number of nitrogens with two attached hydrogens (primary N) is 1. The van der Waals surface area contributed by atoms with Crippen molar-refractivity contribution in [2.75, 3.05) is 26.2 Å². The second-order valence-corrected chi connectivity index (χ2v) is 5.17. The first kappa shape index (κ1) is 15.1. The van der Waals surface area contributed by atoms with Crippen molar-refractivity contribution in [1.82, 2.24) is 15.2 Å². The van der Waals surface area contributed by atoms with Gasteiger partial charge in [-0.3, -0.25) is 10.1 Å². The average Bonchev–Trinajstić information content (AvgIpc) is 2.88. The Morgan fingerprint density at radius 2 is 2.22 bits per heavy atom. The number of hydrogen-bond acceptors (Lipinski definition) is 5. The molecule has 1 atom stereocenters. The van der Waals surface area contributed by atoms with Crippen LogP contribution in [0.15, 0.2) is 11.6 Å². The van der Waals surface area contributed by atoms with E-state index in [1.165, 1.54) is 11.3 Å². The van der Waals surface area contributed by atoms with Crippen LogP contribution in [0, 0.1) is 0 Å². The molecule has 1 aromatic heterocycles. The molecule has 0 saturated heterocycles. The van der Waals surface area contributed by atoms with Crippen molar-refractivity contribution in [1.29, 1.82) is 0 Å². The molecule has 0 aliphatic carbocycles. The number of hydrogen-bond donors (Lipinski definition) is 2. The SMILES string of the molecule is CCN(CC)CCNC(C)(C(N)=O)c1nccs1. The molecule has 1 heterocycles. The van der Waals surface area contributed by atoms with Crippen LogP contribution in [-0.2, 0) is 10.3 Å². The first-order chi connectivity index (χ1) is 8.54. The number of carbonyl (C=O) groups is 1. The molecule has 0 radical (unpaired) electrons. The topological polar surface area (TPSA) is 71.2 Å². The zero-order valence-corrected chi connectivity index (χ0v) is 12.1. The maximum Gasteiger partial charge on any atom is 0.244 e. The van der Waals surface area contributed by atoms with Gasteiger partial charge in [-0.25, -0.2) is 4.98 Å². The molecule has 0 spiro atoms. The van der Waals surface area contributed by atoms with E-state index in [0.29, 0.717) is 6.54 Å². The van der Waals surface area contributed by atoms with Gasteiger partial charge < -0.3 is 10.6 Å². The molecule has 0 aromatic carbocycles. The van der Waals surface area contributed by atoms with Crippen LogP contribution in [0.4, 0.5) is 0 Å². The molecule has 18 heavy (non-hydrogen) atoms. The van der Waals surface area contributed by atoms with Gasteiger partial charge in [-0.2, -0.15) is 0 Å². The minimum absolute atomic E-state index is 0.392. The molecular formula is C12H22N4OS. The van der Waals surface area contributed by atoms with E-state index in [2.05, 4.69) is 29.0 Å². The van der Waals surface area contributed by atoms with Crippen LogP contribution in [0.5, 0.6) is 0 Å². The van der Waals surface area contributed by atoms with Crippen LogP contribution < -0.4 is 11.1 Å². The summed E-state index contributed by atoms with van der Waals surface area (Å²) in [7, 11) is 0. The lowest BCUT2D eigenvalue weighted by atomic mass is 10.0. The van der Waals surface area contributed by atoms with Crippen molar-refractivity contribution < 1.29 is 4.79 Å². The lowest BCUT2D eigenvalue weighted by Gasteiger charge is -2.27. The number of rotatable bonds is 8.